The molecule has 1 heterocycles. The molecule has 1 aromatic rings. The molecule has 1 aliphatic rings. The molecule has 1 aliphatic heterocycles. The highest BCUT2D eigenvalue weighted by Gasteiger charge is 2.29. The quantitative estimate of drug-likeness (QED) is 0.795. The van der Waals surface area contributed by atoms with Crippen LogP contribution in [0.3, 0.4) is 0 Å². The van der Waals surface area contributed by atoms with Crippen LogP contribution in [0.5, 0.6) is 0 Å². The fourth-order valence-corrected chi connectivity index (χ4v) is 2.93. The van der Waals surface area contributed by atoms with Crippen LogP contribution in [0.15, 0.2) is 30.3 Å². The Bertz CT molecular complexity index is 489. The first-order chi connectivity index (χ1) is 9.13. The molecule has 6 heteroatoms. The minimum atomic E-state index is -0.119. The largest absolute Gasteiger partial charge is 0.311 e. The van der Waals surface area contributed by atoms with E-state index in [0.717, 1.165) is 5.69 Å². The van der Waals surface area contributed by atoms with E-state index in [-0.39, 0.29) is 18.4 Å². The van der Waals surface area contributed by atoms with E-state index in [1.165, 1.54) is 16.7 Å². The molecule has 2 rings (SSSR count). The topological polar surface area (TPSA) is 40.6 Å². The van der Waals surface area contributed by atoms with Gasteiger partial charge in [-0.1, -0.05) is 42.2 Å². The highest BCUT2D eigenvalue weighted by atomic mass is 32.2. The maximum Gasteiger partial charge on any atom is 0.247 e. The van der Waals surface area contributed by atoms with Crippen molar-refractivity contribution in [2.75, 3.05) is 23.7 Å². The van der Waals surface area contributed by atoms with E-state index in [1.807, 2.05) is 37.3 Å². The Morgan fingerprint density at radius 3 is 2.63 bits per heavy atom. The van der Waals surface area contributed by atoms with Crippen molar-refractivity contribution in [3.8, 4) is 0 Å². The number of benzene rings is 1. The molecule has 1 aromatic carbocycles. The van der Waals surface area contributed by atoms with Crippen molar-refractivity contribution in [1.82, 2.24) is 4.90 Å². The number of hydrogen-bond acceptors (Lipinski definition) is 4. The van der Waals surface area contributed by atoms with Crippen molar-refractivity contribution in [2.45, 2.75) is 6.92 Å². The summed E-state index contributed by atoms with van der Waals surface area (Å²) in [7, 11) is 0. The highest BCUT2D eigenvalue weighted by Crippen LogP contribution is 2.20. The summed E-state index contributed by atoms with van der Waals surface area (Å²) in [6, 6.07) is 9.41. The monoisotopic (exact) mass is 294 g/mol. The van der Waals surface area contributed by atoms with Crippen molar-refractivity contribution in [1.29, 1.82) is 0 Å². The van der Waals surface area contributed by atoms with Gasteiger partial charge in [-0.3, -0.25) is 14.5 Å². The number of anilines is 1. The van der Waals surface area contributed by atoms with Gasteiger partial charge >= 0.3 is 0 Å². The predicted molar refractivity (Wildman–Crippen MR) is 81.2 cm³/mol. The van der Waals surface area contributed by atoms with Crippen molar-refractivity contribution < 1.29 is 9.59 Å². The molecule has 1 fully saturated rings. The van der Waals surface area contributed by atoms with Crippen LogP contribution in [0.4, 0.5) is 5.69 Å². The number of likely N-dealkylation sites (N-methyl/N-ethyl adjacent to an activating group) is 1. The second-order valence-electron chi connectivity index (χ2n) is 4.01. The first kappa shape index (κ1) is 14.0. The Labute approximate surface area is 121 Å². The second-order valence-corrected chi connectivity index (χ2v) is 5.62. The number of amides is 2. The molecular weight excluding hydrogens is 280 g/mol. The molecule has 0 aromatic heterocycles. The molecule has 0 atom stereocenters. The van der Waals surface area contributed by atoms with Crippen molar-refractivity contribution in [2.24, 2.45) is 0 Å². The third-order valence-electron chi connectivity index (χ3n) is 2.82. The molecule has 0 bridgehead atoms. The summed E-state index contributed by atoms with van der Waals surface area (Å²) in [5.74, 6) is 0.128. The van der Waals surface area contributed by atoms with Crippen LogP contribution in [0, 0.1) is 0 Å². The summed E-state index contributed by atoms with van der Waals surface area (Å²) in [6.07, 6.45) is 0. The third kappa shape index (κ3) is 3.13. The number of carbonyl (C=O) groups is 2. The van der Waals surface area contributed by atoms with Crippen LogP contribution < -0.4 is 4.90 Å². The lowest BCUT2D eigenvalue weighted by molar-refractivity contribution is -0.128. The first-order valence-electron chi connectivity index (χ1n) is 5.96. The van der Waals surface area contributed by atoms with E-state index in [1.54, 1.807) is 4.90 Å². The number of carbonyl (C=O) groups excluding carboxylic acids is 2. The zero-order valence-corrected chi connectivity index (χ0v) is 12.2. The zero-order chi connectivity index (χ0) is 13.8. The van der Waals surface area contributed by atoms with Gasteiger partial charge in [0.2, 0.25) is 11.8 Å². The lowest BCUT2D eigenvalue weighted by Gasteiger charge is -2.23. The van der Waals surface area contributed by atoms with Gasteiger partial charge in [-0.15, -0.1) is 0 Å². The number of thioether (sulfide) groups is 1. The Hall–Kier alpha value is -1.40. The van der Waals surface area contributed by atoms with Gasteiger partial charge in [0.15, 0.2) is 0 Å². The average Bonchev–Trinajstić information content (AvgIpc) is 2.73. The molecule has 0 aliphatic carbocycles. The number of thiocarbonyl (C=S) groups is 1. The standard InChI is InChI=1S/C13H14N2O2S2/c1-2-14(10-6-4-3-5-7-10)11(16)8-15-12(17)9-19-13(15)18/h3-7H,2,8-9H2,1H3. The molecule has 0 spiro atoms. The Morgan fingerprint density at radius 1 is 1.42 bits per heavy atom. The van der Waals surface area contributed by atoms with Crippen LogP contribution in [-0.2, 0) is 9.59 Å². The molecule has 19 heavy (non-hydrogen) atoms. The Morgan fingerprint density at radius 2 is 2.11 bits per heavy atom. The average molecular weight is 294 g/mol. The Balaban J connectivity index is 2.10. The van der Waals surface area contributed by atoms with E-state index in [2.05, 4.69) is 0 Å². The van der Waals surface area contributed by atoms with E-state index in [4.69, 9.17) is 12.2 Å². The van der Waals surface area contributed by atoms with Gasteiger partial charge in [0, 0.05) is 12.2 Å². The van der Waals surface area contributed by atoms with Gasteiger partial charge in [-0.05, 0) is 19.1 Å². The van der Waals surface area contributed by atoms with Crippen molar-refractivity contribution in [3.05, 3.63) is 30.3 Å². The maximum atomic E-state index is 12.3. The van der Waals surface area contributed by atoms with E-state index in [0.29, 0.717) is 16.6 Å². The van der Waals surface area contributed by atoms with Crippen LogP contribution in [-0.4, -0.2) is 39.9 Å². The normalized spacial score (nSPS) is 14.9. The number of nitrogens with zero attached hydrogens (tertiary/aromatic N) is 2. The molecule has 0 N–H and O–H groups in total. The first-order valence-corrected chi connectivity index (χ1v) is 7.35. The highest BCUT2D eigenvalue weighted by molar-refractivity contribution is 8.23. The fourth-order valence-electron chi connectivity index (χ4n) is 1.87. The number of para-hydroxylation sites is 1. The molecule has 0 saturated carbocycles. The molecule has 0 radical (unpaired) electrons. The van der Waals surface area contributed by atoms with Crippen LogP contribution >= 0.6 is 24.0 Å². The number of rotatable bonds is 4. The van der Waals surface area contributed by atoms with E-state index < -0.39 is 0 Å². The number of hydrogen-bond donors (Lipinski definition) is 0. The lowest BCUT2D eigenvalue weighted by atomic mass is 10.3. The van der Waals surface area contributed by atoms with Gasteiger partial charge < -0.3 is 4.90 Å². The minimum Gasteiger partial charge on any atom is -0.311 e. The van der Waals surface area contributed by atoms with Crippen LogP contribution in [0.2, 0.25) is 0 Å². The predicted octanol–water partition coefficient (Wildman–Crippen LogP) is 1.90. The molecule has 100 valence electrons. The summed E-state index contributed by atoms with van der Waals surface area (Å²) >= 11 is 6.38. The summed E-state index contributed by atoms with van der Waals surface area (Å²) in [5, 5.41) is 0. The molecule has 4 nitrogen and oxygen atoms in total. The fraction of sp³-hybridized carbons (Fsp3) is 0.308. The lowest BCUT2D eigenvalue weighted by Crippen LogP contribution is -2.42. The smallest absolute Gasteiger partial charge is 0.247 e. The molecule has 1 saturated heterocycles. The molecular formula is C13H14N2O2S2. The van der Waals surface area contributed by atoms with Gasteiger partial charge in [0.05, 0.1) is 5.75 Å². The van der Waals surface area contributed by atoms with Crippen LogP contribution in [0.1, 0.15) is 6.92 Å². The van der Waals surface area contributed by atoms with Crippen LogP contribution in [0.25, 0.3) is 0 Å². The van der Waals surface area contributed by atoms with Gasteiger partial charge in [-0.25, -0.2) is 0 Å². The summed E-state index contributed by atoms with van der Waals surface area (Å²) in [4.78, 5) is 26.9. The minimum absolute atomic E-state index is 0.0212. The van der Waals surface area contributed by atoms with E-state index in [9.17, 15) is 9.59 Å². The summed E-state index contributed by atoms with van der Waals surface area (Å²) in [6.45, 7) is 2.49. The SMILES string of the molecule is CCN(C(=O)CN1C(=O)CSC1=S)c1ccccc1. The molecule has 2 amide bonds. The molecule has 0 unspecified atom stereocenters. The van der Waals surface area contributed by atoms with Gasteiger partial charge in [0.25, 0.3) is 0 Å². The Kier molecular flexibility index (Phi) is 4.55. The second kappa shape index (κ2) is 6.16. The van der Waals surface area contributed by atoms with Crippen molar-refractivity contribution in [3.63, 3.8) is 0 Å². The van der Waals surface area contributed by atoms with Gasteiger partial charge in [0.1, 0.15) is 10.9 Å². The summed E-state index contributed by atoms with van der Waals surface area (Å²) < 4.78 is 0.488. The van der Waals surface area contributed by atoms with Gasteiger partial charge in [-0.2, -0.15) is 0 Å². The van der Waals surface area contributed by atoms with E-state index >= 15 is 0 Å². The zero-order valence-electron chi connectivity index (χ0n) is 10.5. The third-order valence-corrected chi connectivity index (χ3v) is 4.25. The summed E-state index contributed by atoms with van der Waals surface area (Å²) in [5.41, 5.74) is 0.834. The maximum absolute atomic E-state index is 12.3. The van der Waals surface area contributed by atoms with Crippen molar-refractivity contribution >= 4 is 45.8 Å².